The minimum Gasteiger partial charge on any atom is -0.396 e. The topological polar surface area (TPSA) is 66.3 Å². The zero-order valence-electron chi connectivity index (χ0n) is 11.7. The summed E-state index contributed by atoms with van der Waals surface area (Å²) in [7, 11) is 0. The van der Waals surface area contributed by atoms with Gasteiger partial charge >= 0.3 is 6.03 Å². The Hall–Kier alpha value is -2.01. The van der Waals surface area contributed by atoms with E-state index in [1.807, 2.05) is 18.2 Å². The van der Waals surface area contributed by atoms with Gasteiger partial charge in [0.1, 0.15) is 0 Å². The Bertz CT molecular complexity index is 578. The van der Waals surface area contributed by atoms with E-state index in [2.05, 4.69) is 34.4 Å². The van der Waals surface area contributed by atoms with Crippen molar-refractivity contribution in [1.29, 1.82) is 0 Å². The van der Waals surface area contributed by atoms with E-state index in [0.29, 0.717) is 13.0 Å². The summed E-state index contributed by atoms with van der Waals surface area (Å²) in [5.41, 5.74) is 1.95. The number of benzene rings is 1. The molecule has 1 aromatic heterocycles. The first-order chi connectivity index (χ1) is 9.74. The van der Waals surface area contributed by atoms with Gasteiger partial charge in [0.05, 0.1) is 0 Å². The molecule has 0 fully saturated rings. The molecule has 108 valence electrons. The molecule has 0 atom stereocenters. The van der Waals surface area contributed by atoms with Crippen LogP contribution in [0.5, 0.6) is 0 Å². The number of hydrogen-bond donors (Lipinski definition) is 3. The normalized spacial score (nSPS) is 10.7. The summed E-state index contributed by atoms with van der Waals surface area (Å²) in [6.45, 7) is 3.70. The van der Waals surface area contributed by atoms with Crippen molar-refractivity contribution in [3.8, 4) is 0 Å². The fourth-order valence-corrected chi connectivity index (χ4v) is 2.17. The number of amides is 2. The summed E-state index contributed by atoms with van der Waals surface area (Å²) >= 11 is 0. The lowest BCUT2D eigenvalue weighted by Gasteiger charge is -2.08. The van der Waals surface area contributed by atoms with Gasteiger partial charge in [-0.2, -0.15) is 0 Å². The Morgan fingerprint density at radius 2 is 2.20 bits per heavy atom. The van der Waals surface area contributed by atoms with Crippen LogP contribution in [0.4, 0.5) is 10.5 Å². The number of urea groups is 1. The third kappa shape index (κ3) is 3.51. The summed E-state index contributed by atoms with van der Waals surface area (Å²) in [6, 6.07) is 7.70. The Kier molecular flexibility index (Phi) is 5.01. The number of nitrogens with zero attached hydrogens (tertiary/aromatic N) is 1. The fourth-order valence-electron chi connectivity index (χ4n) is 2.17. The molecule has 0 saturated heterocycles. The highest BCUT2D eigenvalue weighted by molar-refractivity contribution is 5.92. The highest BCUT2D eigenvalue weighted by atomic mass is 16.3. The molecule has 2 aromatic rings. The van der Waals surface area contributed by atoms with E-state index in [1.165, 1.54) is 5.52 Å². The van der Waals surface area contributed by atoms with Gasteiger partial charge in [0.25, 0.3) is 0 Å². The minimum atomic E-state index is -0.245. The predicted molar refractivity (Wildman–Crippen MR) is 81.0 cm³/mol. The van der Waals surface area contributed by atoms with E-state index < -0.39 is 0 Å². The fraction of sp³-hybridized carbons (Fsp3) is 0.400. The summed E-state index contributed by atoms with van der Waals surface area (Å²) in [5, 5.41) is 15.3. The molecule has 0 spiro atoms. The number of carbonyl (C=O) groups excluding carboxylic acids is 1. The number of aryl methyl sites for hydroxylation is 1. The van der Waals surface area contributed by atoms with E-state index in [4.69, 9.17) is 5.11 Å². The molecule has 1 aromatic carbocycles. The number of fused-ring (bicyclic) bond motifs is 1. The number of aliphatic hydroxyl groups is 1. The second kappa shape index (κ2) is 6.96. The molecular formula is C15H21N3O2. The second-order valence-corrected chi connectivity index (χ2v) is 4.74. The zero-order valence-corrected chi connectivity index (χ0v) is 11.7. The van der Waals surface area contributed by atoms with Crippen LogP contribution in [-0.4, -0.2) is 28.9 Å². The van der Waals surface area contributed by atoms with Gasteiger partial charge in [0.15, 0.2) is 0 Å². The van der Waals surface area contributed by atoms with E-state index in [1.54, 1.807) is 0 Å². The van der Waals surface area contributed by atoms with E-state index >= 15 is 0 Å². The molecule has 0 radical (unpaired) electrons. The van der Waals surface area contributed by atoms with Crippen molar-refractivity contribution < 1.29 is 9.90 Å². The number of hydrogen-bond acceptors (Lipinski definition) is 2. The number of nitrogens with one attached hydrogen (secondary N) is 2. The quantitative estimate of drug-likeness (QED) is 0.709. The Balaban J connectivity index is 2.03. The van der Waals surface area contributed by atoms with Crippen LogP contribution < -0.4 is 10.6 Å². The predicted octanol–water partition coefficient (Wildman–Crippen LogP) is 2.56. The first-order valence-corrected chi connectivity index (χ1v) is 6.99. The molecule has 0 unspecified atom stereocenters. The monoisotopic (exact) mass is 275 g/mol. The highest BCUT2D eigenvalue weighted by Gasteiger charge is 2.04. The van der Waals surface area contributed by atoms with Gasteiger partial charge in [-0.15, -0.1) is 0 Å². The average molecular weight is 275 g/mol. The van der Waals surface area contributed by atoms with E-state index in [0.717, 1.165) is 24.0 Å². The van der Waals surface area contributed by atoms with Crippen LogP contribution in [0.3, 0.4) is 0 Å². The second-order valence-electron chi connectivity index (χ2n) is 4.74. The number of carbonyl (C=O) groups is 1. The lowest BCUT2D eigenvalue weighted by atomic mass is 10.2. The third-order valence-electron chi connectivity index (χ3n) is 3.11. The maximum Gasteiger partial charge on any atom is 0.319 e. The van der Waals surface area contributed by atoms with Crippen LogP contribution in [0.2, 0.25) is 0 Å². The molecule has 0 aliphatic rings. The standard InChI is InChI=1S/C15H21N3O2/c1-2-8-18-9-6-12-11-13(4-5-14(12)18)17-15(20)16-7-3-10-19/h4-6,9,11,19H,2-3,7-8,10H2,1H3,(H2,16,17,20). The van der Waals surface area contributed by atoms with Crippen LogP contribution in [0.15, 0.2) is 30.5 Å². The van der Waals surface area contributed by atoms with E-state index in [-0.39, 0.29) is 12.6 Å². The molecular weight excluding hydrogens is 254 g/mol. The molecule has 0 aliphatic heterocycles. The van der Waals surface area contributed by atoms with Crippen molar-refractivity contribution in [2.24, 2.45) is 0 Å². The molecule has 0 saturated carbocycles. The lowest BCUT2D eigenvalue weighted by Crippen LogP contribution is -2.29. The Morgan fingerprint density at radius 3 is 2.95 bits per heavy atom. The first kappa shape index (κ1) is 14.4. The Morgan fingerprint density at radius 1 is 1.35 bits per heavy atom. The third-order valence-corrected chi connectivity index (χ3v) is 3.11. The van der Waals surface area contributed by atoms with Crippen LogP contribution in [0, 0.1) is 0 Å². The number of aromatic nitrogens is 1. The zero-order chi connectivity index (χ0) is 14.4. The smallest absolute Gasteiger partial charge is 0.319 e. The molecule has 5 heteroatoms. The molecule has 5 nitrogen and oxygen atoms in total. The molecule has 2 rings (SSSR count). The van der Waals surface area contributed by atoms with E-state index in [9.17, 15) is 4.79 Å². The molecule has 3 N–H and O–H groups in total. The van der Waals surface area contributed by atoms with Gasteiger partial charge in [-0.25, -0.2) is 4.79 Å². The molecule has 0 aliphatic carbocycles. The number of anilines is 1. The molecule has 1 heterocycles. The number of rotatable bonds is 6. The molecule has 20 heavy (non-hydrogen) atoms. The van der Waals surface area contributed by atoms with Gasteiger partial charge in [0.2, 0.25) is 0 Å². The largest absolute Gasteiger partial charge is 0.396 e. The van der Waals surface area contributed by atoms with Crippen LogP contribution in [-0.2, 0) is 6.54 Å². The minimum absolute atomic E-state index is 0.0805. The van der Waals surface area contributed by atoms with Crippen LogP contribution in [0.1, 0.15) is 19.8 Å². The van der Waals surface area contributed by atoms with Gasteiger partial charge in [-0.3, -0.25) is 0 Å². The van der Waals surface area contributed by atoms with Gasteiger partial charge in [0, 0.05) is 42.5 Å². The highest BCUT2D eigenvalue weighted by Crippen LogP contribution is 2.20. The summed E-state index contributed by atoms with van der Waals surface area (Å²) in [5.74, 6) is 0. The molecule has 2 amide bonds. The first-order valence-electron chi connectivity index (χ1n) is 6.99. The van der Waals surface area contributed by atoms with Crippen molar-refractivity contribution >= 4 is 22.6 Å². The van der Waals surface area contributed by atoms with Crippen molar-refractivity contribution in [2.45, 2.75) is 26.3 Å². The van der Waals surface area contributed by atoms with Crippen molar-refractivity contribution in [3.05, 3.63) is 30.5 Å². The molecule has 0 bridgehead atoms. The van der Waals surface area contributed by atoms with Crippen molar-refractivity contribution in [2.75, 3.05) is 18.5 Å². The maximum absolute atomic E-state index is 11.6. The summed E-state index contributed by atoms with van der Waals surface area (Å²) in [4.78, 5) is 11.6. The summed E-state index contributed by atoms with van der Waals surface area (Å²) in [6.07, 6.45) is 3.72. The lowest BCUT2D eigenvalue weighted by molar-refractivity contribution is 0.249. The summed E-state index contributed by atoms with van der Waals surface area (Å²) < 4.78 is 2.21. The van der Waals surface area contributed by atoms with Gasteiger partial charge in [-0.05, 0) is 37.1 Å². The number of aliphatic hydroxyl groups excluding tert-OH is 1. The van der Waals surface area contributed by atoms with Crippen LogP contribution in [0.25, 0.3) is 10.9 Å². The van der Waals surface area contributed by atoms with Crippen molar-refractivity contribution in [1.82, 2.24) is 9.88 Å². The van der Waals surface area contributed by atoms with Gasteiger partial charge < -0.3 is 20.3 Å². The maximum atomic E-state index is 11.6. The van der Waals surface area contributed by atoms with Gasteiger partial charge in [-0.1, -0.05) is 6.92 Å². The SMILES string of the molecule is CCCn1ccc2cc(NC(=O)NCCCO)ccc21. The Labute approximate surface area is 118 Å². The average Bonchev–Trinajstić information content (AvgIpc) is 2.82. The van der Waals surface area contributed by atoms with Crippen LogP contribution >= 0.6 is 0 Å². The van der Waals surface area contributed by atoms with Crippen molar-refractivity contribution in [3.63, 3.8) is 0 Å².